The molecule has 0 aliphatic carbocycles. The van der Waals surface area contributed by atoms with E-state index in [0.29, 0.717) is 16.9 Å². The van der Waals surface area contributed by atoms with Gasteiger partial charge in [-0.25, -0.2) is 4.39 Å². The van der Waals surface area contributed by atoms with Crippen LogP contribution in [-0.2, 0) is 4.79 Å². The summed E-state index contributed by atoms with van der Waals surface area (Å²) < 4.78 is 14.4. The van der Waals surface area contributed by atoms with Crippen LogP contribution < -0.4 is 16.0 Å². The van der Waals surface area contributed by atoms with E-state index in [1.165, 1.54) is 6.07 Å². The Kier molecular flexibility index (Phi) is 5.46. The number of hydrogen-bond acceptors (Lipinski definition) is 4. The van der Waals surface area contributed by atoms with Crippen LogP contribution >= 0.6 is 0 Å². The van der Waals surface area contributed by atoms with Gasteiger partial charge in [0.15, 0.2) is 0 Å². The standard InChI is InChI=1S/C21H25FN4O/c1-13-6-5-7-19-20(13)16(21(27)25-19)11-23-15-8-9-18(17(22)10-15)24-14(2)12-26(3)4/h5-11,14,23-24H,12H2,1-4H3,(H,25,27)/b16-11+. The van der Waals surface area contributed by atoms with Crippen molar-refractivity contribution in [2.24, 2.45) is 0 Å². The molecular weight excluding hydrogens is 343 g/mol. The maximum Gasteiger partial charge on any atom is 0.257 e. The second-order valence-electron chi connectivity index (χ2n) is 7.16. The molecule has 0 fully saturated rings. The largest absolute Gasteiger partial charge is 0.379 e. The van der Waals surface area contributed by atoms with Gasteiger partial charge in [-0.1, -0.05) is 12.1 Å². The van der Waals surface area contributed by atoms with E-state index in [9.17, 15) is 9.18 Å². The quantitative estimate of drug-likeness (QED) is 0.677. The summed E-state index contributed by atoms with van der Waals surface area (Å²) in [4.78, 5) is 14.3. The SMILES string of the molecule is Cc1cccc2c1/C(=C\Nc1ccc(NC(C)CN(C)C)c(F)c1)C(=O)N2. The number of carbonyl (C=O) groups is 1. The fourth-order valence-electron chi connectivity index (χ4n) is 3.31. The van der Waals surface area contributed by atoms with Crippen LogP contribution in [0.15, 0.2) is 42.6 Å². The highest BCUT2D eigenvalue weighted by Crippen LogP contribution is 2.34. The van der Waals surface area contributed by atoms with Crippen molar-refractivity contribution in [3.63, 3.8) is 0 Å². The van der Waals surface area contributed by atoms with Crippen molar-refractivity contribution in [2.45, 2.75) is 19.9 Å². The van der Waals surface area contributed by atoms with Crippen molar-refractivity contribution in [1.29, 1.82) is 0 Å². The van der Waals surface area contributed by atoms with Crippen molar-refractivity contribution in [2.75, 3.05) is 36.6 Å². The molecule has 1 heterocycles. The Labute approximate surface area is 159 Å². The predicted octanol–water partition coefficient (Wildman–Crippen LogP) is 3.90. The number of nitrogens with one attached hydrogen (secondary N) is 3. The molecule has 1 atom stereocenters. The minimum absolute atomic E-state index is 0.122. The maximum absolute atomic E-state index is 14.4. The van der Waals surface area contributed by atoms with E-state index in [-0.39, 0.29) is 17.8 Å². The third-order valence-corrected chi connectivity index (χ3v) is 4.43. The van der Waals surface area contributed by atoms with Crippen molar-refractivity contribution >= 4 is 28.5 Å². The number of likely N-dealkylation sites (N-methyl/N-ethyl adjacent to an activating group) is 1. The number of anilines is 3. The van der Waals surface area contributed by atoms with Crippen molar-refractivity contribution in [1.82, 2.24) is 4.90 Å². The third kappa shape index (κ3) is 4.28. The smallest absolute Gasteiger partial charge is 0.257 e. The van der Waals surface area contributed by atoms with E-state index < -0.39 is 0 Å². The summed E-state index contributed by atoms with van der Waals surface area (Å²) in [5.74, 6) is -0.500. The topological polar surface area (TPSA) is 56.4 Å². The molecule has 3 N–H and O–H groups in total. The number of amides is 1. The first-order chi connectivity index (χ1) is 12.8. The van der Waals surface area contributed by atoms with Crippen molar-refractivity contribution in [3.8, 4) is 0 Å². The number of hydrogen-bond donors (Lipinski definition) is 3. The fourth-order valence-corrected chi connectivity index (χ4v) is 3.31. The first-order valence-electron chi connectivity index (χ1n) is 8.94. The molecule has 1 aliphatic rings. The summed E-state index contributed by atoms with van der Waals surface area (Å²) in [5, 5.41) is 9.06. The Morgan fingerprint density at radius 1 is 1.26 bits per heavy atom. The highest BCUT2D eigenvalue weighted by molar-refractivity contribution is 6.32. The third-order valence-electron chi connectivity index (χ3n) is 4.43. The molecule has 5 nitrogen and oxygen atoms in total. The number of nitrogens with zero attached hydrogens (tertiary/aromatic N) is 1. The number of rotatable bonds is 6. The molecule has 3 rings (SSSR count). The number of carbonyl (C=O) groups excluding carboxylic acids is 1. The maximum atomic E-state index is 14.4. The summed E-state index contributed by atoms with van der Waals surface area (Å²) >= 11 is 0. The number of halogens is 1. The van der Waals surface area contributed by atoms with Gasteiger partial charge in [0.1, 0.15) is 5.82 Å². The van der Waals surface area contributed by atoms with Crippen LogP contribution in [0, 0.1) is 12.7 Å². The molecule has 0 saturated heterocycles. The number of benzene rings is 2. The van der Waals surface area contributed by atoms with E-state index in [2.05, 4.69) is 16.0 Å². The highest BCUT2D eigenvalue weighted by Gasteiger charge is 2.25. The van der Waals surface area contributed by atoms with Gasteiger partial charge in [-0.3, -0.25) is 4.79 Å². The lowest BCUT2D eigenvalue weighted by Gasteiger charge is -2.20. The molecule has 0 spiro atoms. The highest BCUT2D eigenvalue weighted by atomic mass is 19.1. The van der Waals surface area contributed by atoms with Gasteiger partial charge < -0.3 is 20.9 Å². The molecule has 0 aromatic heterocycles. The normalized spacial score (nSPS) is 15.6. The van der Waals surface area contributed by atoms with E-state index in [1.807, 2.05) is 51.0 Å². The van der Waals surface area contributed by atoms with Crippen LogP contribution in [0.1, 0.15) is 18.1 Å². The average molecular weight is 368 g/mol. The van der Waals surface area contributed by atoms with Gasteiger partial charge in [-0.15, -0.1) is 0 Å². The summed E-state index contributed by atoms with van der Waals surface area (Å²) in [6, 6.07) is 10.8. The summed E-state index contributed by atoms with van der Waals surface area (Å²) in [5.41, 5.74) is 4.28. The molecular formula is C21H25FN4O. The monoisotopic (exact) mass is 368 g/mol. The zero-order chi connectivity index (χ0) is 19.6. The van der Waals surface area contributed by atoms with Crippen LogP contribution in [0.5, 0.6) is 0 Å². The molecule has 2 aromatic carbocycles. The Morgan fingerprint density at radius 3 is 2.74 bits per heavy atom. The van der Waals surface area contributed by atoms with Crippen LogP contribution in [-0.4, -0.2) is 37.5 Å². The second-order valence-corrected chi connectivity index (χ2v) is 7.16. The minimum Gasteiger partial charge on any atom is -0.379 e. The van der Waals surface area contributed by atoms with E-state index >= 15 is 0 Å². The molecule has 27 heavy (non-hydrogen) atoms. The summed E-state index contributed by atoms with van der Waals surface area (Å²) in [7, 11) is 3.96. The Morgan fingerprint density at radius 2 is 2.04 bits per heavy atom. The fraction of sp³-hybridized carbons (Fsp3) is 0.286. The van der Waals surface area contributed by atoms with Gasteiger partial charge in [-0.05, 0) is 57.8 Å². The summed E-state index contributed by atoms with van der Waals surface area (Å²) in [6.45, 7) is 4.77. The van der Waals surface area contributed by atoms with Crippen LogP contribution in [0.25, 0.3) is 5.57 Å². The van der Waals surface area contributed by atoms with Gasteiger partial charge in [0.05, 0.1) is 11.3 Å². The Bertz CT molecular complexity index is 892. The number of aryl methyl sites for hydroxylation is 1. The van der Waals surface area contributed by atoms with Crippen LogP contribution in [0.2, 0.25) is 0 Å². The number of fused-ring (bicyclic) bond motifs is 1. The first kappa shape index (κ1) is 18.9. The van der Waals surface area contributed by atoms with E-state index in [0.717, 1.165) is 23.4 Å². The van der Waals surface area contributed by atoms with Crippen LogP contribution in [0.3, 0.4) is 0 Å². The minimum atomic E-state index is -0.337. The molecule has 0 saturated carbocycles. The van der Waals surface area contributed by atoms with Crippen LogP contribution in [0.4, 0.5) is 21.5 Å². The average Bonchev–Trinajstić information content (AvgIpc) is 2.91. The molecule has 1 unspecified atom stereocenters. The van der Waals surface area contributed by atoms with Crippen molar-refractivity contribution in [3.05, 3.63) is 59.5 Å². The van der Waals surface area contributed by atoms with E-state index in [1.54, 1.807) is 18.3 Å². The van der Waals surface area contributed by atoms with Gasteiger partial charge >= 0.3 is 0 Å². The van der Waals surface area contributed by atoms with Gasteiger partial charge in [0, 0.05) is 35.7 Å². The second kappa shape index (κ2) is 7.80. The Hall–Kier alpha value is -2.86. The molecule has 0 radical (unpaired) electrons. The molecule has 2 aromatic rings. The zero-order valence-electron chi connectivity index (χ0n) is 16.1. The molecule has 0 bridgehead atoms. The Balaban J connectivity index is 1.75. The molecule has 142 valence electrons. The lowest BCUT2D eigenvalue weighted by molar-refractivity contribution is -0.110. The molecule has 6 heteroatoms. The van der Waals surface area contributed by atoms with Gasteiger partial charge in [-0.2, -0.15) is 0 Å². The zero-order valence-corrected chi connectivity index (χ0v) is 16.1. The summed E-state index contributed by atoms with van der Waals surface area (Å²) in [6.07, 6.45) is 1.63. The molecule has 1 amide bonds. The van der Waals surface area contributed by atoms with Gasteiger partial charge in [0.2, 0.25) is 0 Å². The lowest BCUT2D eigenvalue weighted by Crippen LogP contribution is -2.29. The first-order valence-corrected chi connectivity index (χ1v) is 8.94. The molecule has 1 aliphatic heterocycles. The van der Waals surface area contributed by atoms with Crippen molar-refractivity contribution < 1.29 is 9.18 Å². The van der Waals surface area contributed by atoms with Gasteiger partial charge in [0.25, 0.3) is 5.91 Å². The van der Waals surface area contributed by atoms with E-state index in [4.69, 9.17) is 0 Å². The lowest BCUT2D eigenvalue weighted by atomic mass is 10.0. The predicted molar refractivity (Wildman–Crippen MR) is 109 cm³/mol.